The molecule has 2 aromatic heterocycles. The van der Waals surface area contributed by atoms with Crippen molar-refractivity contribution in [2.24, 2.45) is 0 Å². The van der Waals surface area contributed by atoms with Gasteiger partial charge >= 0.3 is 0 Å². The Labute approximate surface area is 121 Å². The van der Waals surface area contributed by atoms with Crippen molar-refractivity contribution in [2.45, 2.75) is 25.3 Å². The Hall–Kier alpha value is -1.13. The smallest absolute Gasteiger partial charge is 0.170 e. The van der Waals surface area contributed by atoms with E-state index in [2.05, 4.69) is 23.4 Å². The van der Waals surface area contributed by atoms with Crippen LogP contribution in [0.25, 0.3) is 0 Å². The minimum absolute atomic E-state index is 0.161. The third kappa shape index (κ3) is 3.25. The van der Waals surface area contributed by atoms with Crippen LogP contribution in [0.1, 0.15) is 17.4 Å². The SMILES string of the molecule is CC(Cc1cccs1)N(C)c1nccc(CCl)c1F. The molecule has 2 heterocycles. The van der Waals surface area contributed by atoms with Crippen LogP contribution in [0.15, 0.2) is 29.8 Å². The van der Waals surface area contributed by atoms with Crippen molar-refractivity contribution >= 4 is 28.8 Å². The van der Waals surface area contributed by atoms with Crippen molar-refractivity contribution in [3.63, 3.8) is 0 Å². The summed E-state index contributed by atoms with van der Waals surface area (Å²) in [4.78, 5) is 7.28. The topological polar surface area (TPSA) is 16.1 Å². The molecule has 0 aliphatic carbocycles. The van der Waals surface area contributed by atoms with Crippen molar-refractivity contribution in [2.75, 3.05) is 11.9 Å². The van der Waals surface area contributed by atoms with Gasteiger partial charge in [-0.2, -0.15) is 0 Å². The van der Waals surface area contributed by atoms with Crippen LogP contribution in [-0.4, -0.2) is 18.1 Å². The standard InChI is InChI=1S/C14H16ClFN2S/c1-10(8-12-4-3-7-19-12)18(2)14-13(16)11(9-15)5-6-17-14/h3-7,10H,8-9H2,1-2H3. The lowest BCUT2D eigenvalue weighted by atomic mass is 10.1. The summed E-state index contributed by atoms with van der Waals surface area (Å²) < 4.78 is 14.2. The number of alkyl halides is 1. The minimum atomic E-state index is -0.321. The van der Waals surface area contributed by atoms with E-state index in [1.54, 1.807) is 23.6 Å². The molecule has 0 aliphatic heterocycles. The first kappa shape index (κ1) is 14.3. The van der Waals surface area contributed by atoms with Gasteiger partial charge in [0.1, 0.15) is 0 Å². The molecule has 0 saturated heterocycles. The first-order valence-electron chi connectivity index (χ1n) is 6.08. The number of pyridine rings is 1. The predicted molar refractivity (Wildman–Crippen MR) is 79.6 cm³/mol. The Bertz CT molecular complexity index is 530. The van der Waals surface area contributed by atoms with Gasteiger partial charge in [-0.15, -0.1) is 22.9 Å². The van der Waals surface area contributed by atoms with Gasteiger partial charge in [0.15, 0.2) is 11.6 Å². The van der Waals surface area contributed by atoms with Gasteiger partial charge in [-0.3, -0.25) is 0 Å². The molecule has 0 aromatic carbocycles. The Morgan fingerprint density at radius 2 is 2.26 bits per heavy atom. The molecule has 0 saturated carbocycles. The highest BCUT2D eigenvalue weighted by atomic mass is 35.5. The zero-order chi connectivity index (χ0) is 13.8. The van der Waals surface area contributed by atoms with Crippen LogP contribution in [0.3, 0.4) is 0 Å². The van der Waals surface area contributed by atoms with E-state index in [1.807, 2.05) is 18.0 Å². The third-order valence-corrected chi connectivity index (χ3v) is 4.35. The predicted octanol–water partition coefficient (Wildman–Crippen LogP) is 4.09. The van der Waals surface area contributed by atoms with Gasteiger partial charge in [-0.25, -0.2) is 9.37 Å². The summed E-state index contributed by atoms with van der Waals surface area (Å²) in [6.45, 7) is 2.06. The van der Waals surface area contributed by atoms with E-state index < -0.39 is 0 Å². The van der Waals surface area contributed by atoms with Crippen LogP contribution in [0, 0.1) is 5.82 Å². The number of thiophene rings is 1. The molecule has 0 spiro atoms. The summed E-state index contributed by atoms with van der Waals surface area (Å²) in [6.07, 6.45) is 2.48. The van der Waals surface area contributed by atoms with E-state index in [0.29, 0.717) is 11.4 Å². The van der Waals surface area contributed by atoms with Crippen LogP contribution in [0.4, 0.5) is 10.2 Å². The van der Waals surface area contributed by atoms with Crippen LogP contribution >= 0.6 is 22.9 Å². The second-order valence-electron chi connectivity index (χ2n) is 4.48. The molecular weight excluding hydrogens is 283 g/mol. The van der Waals surface area contributed by atoms with E-state index in [0.717, 1.165) is 6.42 Å². The van der Waals surface area contributed by atoms with Crippen LogP contribution < -0.4 is 4.90 Å². The Balaban J connectivity index is 2.16. The molecule has 2 aromatic rings. The zero-order valence-corrected chi connectivity index (χ0v) is 12.5. The molecule has 2 nitrogen and oxygen atoms in total. The highest BCUT2D eigenvalue weighted by Crippen LogP contribution is 2.23. The highest BCUT2D eigenvalue weighted by molar-refractivity contribution is 7.09. The van der Waals surface area contributed by atoms with E-state index in [9.17, 15) is 4.39 Å². The van der Waals surface area contributed by atoms with Crippen molar-refractivity contribution in [1.82, 2.24) is 4.98 Å². The Morgan fingerprint density at radius 1 is 1.47 bits per heavy atom. The molecule has 19 heavy (non-hydrogen) atoms. The number of halogens is 2. The molecule has 1 unspecified atom stereocenters. The first-order valence-corrected chi connectivity index (χ1v) is 7.49. The van der Waals surface area contributed by atoms with Crippen molar-refractivity contribution in [3.8, 4) is 0 Å². The van der Waals surface area contributed by atoms with Gasteiger partial charge in [-0.05, 0) is 24.4 Å². The highest BCUT2D eigenvalue weighted by Gasteiger charge is 2.18. The third-order valence-electron chi connectivity index (χ3n) is 3.17. The first-order chi connectivity index (χ1) is 9.13. The lowest BCUT2D eigenvalue weighted by Crippen LogP contribution is -2.32. The lowest BCUT2D eigenvalue weighted by molar-refractivity contribution is 0.587. The van der Waals surface area contributed by atoms with Gasteiger partial charge in [-0.1, -0.05) is 6.07 Å². The number of aromatic nitrogens is 1. The van der Waals surface area contributed by atoms with Crippen molar-refractivity contribution in [1.29, 1.82) is 0 Å². The average molecular weight is 299 g/mol. The van der Waals surface area contributed by atoms with Gasteiger partial charge in [0, 0.05) is 36.1 Å². The molecule has 2 rings (SSSR count). The summed E-state index contributed by atoms with van der Waals surface area (Å²) in [6, 6.07) is 5.91. The van der Waals surface area contributed by atoms with E-state index >= 15 is 0 Å². The van der Waals surface area contributed by atoms with Gasteiger partial charge < -0.3 is 4.90 Å². The fourth-order valence-corrected chi connectivity index (χ4v) is 2.92. The second kappa shape index (κ2) is 6.35. The molecule has 1 atom stereocenters. The molecule has 5 heteroatoms. The number of hydrogen-bond acceptors (Lipinski definition) is 3. The van der Waals surface area contributed by atoms with Gasteiger partial charge in [0.2, 0.25) is 0 Å². The van der Waals surface area contributed by atoms with Crippen LogP contribution in [-0.2, 0) is 12.3 Å². The van der Waals surface area contributed by atoms with Crippen LogP contribution in [0.2, 0.25) is 0 Å². The second-order valence-corrected chi connectivity index (χ2v) is 5.78. The molecule has 0 fully saturated rings. The summed E-state index contributed by atoms with van der Waals surface area (Å²) in [5.41, 5.74) is 0.488. The summed E-state index contributed by atoms with van der Waals surface area (Å²) in [5, 5.41) is 2.05. The summed E-state index contributed by atoms with van der Waals surface area (Å²) >= 11 is 7.43. The zero-order valence-electron chi connectivity index (χ0n) is 10.9. The molecule has 0 radical (unpaired) electrons. The number of nitrogens with zero attached hydrogens (tertiary/aromatic N) is 2. The van der Waals surface area contributed by atoms with Crippen molar-refractivity contribution in [3.05, 3.63) is 46.0 Å². The normalized spacial score (nSPS) is 12.4. The molecule has 0 amide bonds. The molecule has 0 aliphatic rings. The largest absolute Gasteiger partial charge is 0.354 e. The van der Waals surface area contributed by atoms with E-state index in [-0.39, 0.29) is 17.7 Å². The Morgan fingerprint density at radius 3 is 2.89 bits per heavy atom. The average Bonchev–Trinajstić information content (AvgIpc) is 2.91. The monoisotopic (exact) mass is 298 g/mol. The summed E-state index contributed by atoms with van der Waals surface area (Å²) in [7, 11) is 1.86. The lowest BCUT2D eigenvalue weighted by Gasteiger charge is -2.26. The number of likely N-dealkylation sites (N-methyl/N-ethyl adjacent to an activating group) is 1. The fraction of sp³-hybridized carbons (Fsp3) is 0.357. The van der Waals surface area contributed by atoms with Gasteiger partial charge in [0.25, 0.3) is 0 Å². The van der Waals surface area contributed by atoms with E-state index in [4.69, 9.17) is 11.6 Å². The van der Waals surface area contributed by atoms with E-state index in [1.165, 1.54) is 4.88 Å². The molecular formula is C14H16ClFN2S. The number of hydrogen-bond donors (Lipinski definition) is 0. The quantitative estimate of drug-likeness (QED) is 0.773. The molecule has 0 N–H and O–H groups in total. The molecule has 0 bridgehead atoms. The maximum absolute atomic E-state index is 14.2. The summed E-state index contributed by atoms with van der Waals surface area (Å²) in [5.74, 6) is 0.203. The number of rotatable bonds is 5. The van der Waals surface area contributed by atoms with Crippen LogP contribution in [0.5, 0.6) is 0 Å². The van der Waals surface area contributed by atoms with Crippen molar-refractivity contribution < 1.29 is 4.39 Å². The fourth-order valence-electron chi connectivity index (χ4n) is 1.89. The minimum Gasteiger partial charge on any atom is -0.354 e. The number of anilines is 1. The van der Waals surface area contributed by atoms with Gasteiger partial charge in [0.05, 0.1) is 5.88 Å². The maximum atomic E-state index is 14.2. The maximum Gasteiger partial charge on any atom is 0.170 e. The molecule has 102 valence electrons. The Kier molecular flexibility index (Phi) is 4.77.